The molecule has 0 amide bonds. The number of sulfonamides is 1. The standard InChI is InChI=1S/C28H26ClNO4S/c1-4-34-28(31)20(3)27-25(21-12-14-23(29)15-13-21)18-26(22-8-6-5-7-9-22)30(27)35(32,33)24-16-10-19(2)11-17-24/h5-18,25,27H,3-4H2,1-2H3/t25-,27-/m1/s1. The Balaban J connectivity index is 1.94. The van der Waals surface area contributed by atoms with Gasteiger partial charge in [-0.3, -0.25) is 4.31 Å². The molecule has 0 bridgehead atoms. The molecule has 2 atom stereocenters. The average molecular weight is 508 g/mol. The first kappa shape index (κ1) is 24.8. The molecule has 1 aliphatic rings. The number of esters is 1. The molecule has 0 unspecified atom stereocenters. The van der Waals surface area contributed by atoms with Crippen molar-refractivity contribution in [1.29, 1.82) is 0 Å². The summed E-state index contributed by atoms with van der Waals surface area (Å²) in [5, 5.41) is 0.559. The molecule has 0 saturated heterocycles. The van der Waals surface area contributed by atoms with Crippen LogP contribution in [0, 0.1) is 6.92 Å². The van der Waals surface area contributed by atoms with Crippen molar-refractivity contribution in [3.05, 3.63) is 119 Å². The highest BCUT2D eigenvalue weighted by Crippen LogP contribution is 2.45. The van der Waals surface area contributed by atoms with E-state index in [1.165, 1.54) is 4.31 Å². The number of carbonyl (C=O) groups excluding carboxylic acids is 1. The van der Waals surface area contributed by atoms with E-state index in [9.17, 15) is 13.2 Å². The molecule has 0 spiro atoms. The van der Waals surface area contributed by atoms with Gasteiger partial charge < -0.3 is 4.74 Å². The number of nitrogens with zero attached hydrogens (tertiary/aromatic N) is 1. The molecule has 4 rings (SSSR count). The van der Waals surface area contributed by atoms with Gasteiger partial charge >= 0.3 is 5.97 Å². The van der Waals surface area contributed by atoms with Crippen molar-refractivity contribution < 1.29 is 17.9 Å². The summed E-state index contributed by atoms with van der Waals surface area (Å²) in [7, 11) is -4.07. The van der Waals surface area contributed by atoms with Gasteiger partial charge in [0.1, 0.15) is 0 Å². The van der Waals surface area contributed by atoms with Crippen LogP contribution in [0.4, 0.5) is 0 Å². The van der Waals surface area contributed by atoms with E-state index in [0.717, 1.165) is 11.1 Å². The summed E-state index contributed by atoms with van der Waals surface area (Å²) in [5.74, 6) is -1.12. The van der Waals surface area contributed by atoms with Crippen LogP contribution in [0.1, 0.15) is 29.5 Å². The SMILES string of the molecule is C=C(C(=O)OCC)[C@@H]1[C@@H](c2ccc(Cl)cc2)C=C(c2ccccc2)N1S(=O)(=O)c1ccc(C)cc1. The van der Waals surface area contributed by atoms with Crippen LogP contribution >= 0.6 is 11.6 Å². The minimum atomic E-state index is -4.07. The van der Waals surface area contributed by atoms with Gasteiger partial charge in [0.25, 0.3) is 10.0 Å². The number of halogens is 1. The molecule has 7 heteroatoms. The van der Waals surface area contributed by atoms with E-state index < -0.39 is 28.0 Å². The first-order valence-corrected chi connectivity index (χ1v) is 13.1. The van der Waals surface area contributed by atoms with Gasteiger partial charge in [0.2, 0.25) is 0 Å². The summed E-state index contributed by atoms with van der Waals surface area (Å²) in [4.78, 5) is 13.0. The first-order valence-electron chi connectivity index (χ1n) is 11.2. The van der Waals surface area contributed by atoms with Crippen molar-refractivity contribution >= 4 is 33.3 Å². The molecular formula is C28H26ClNO4S. The normalized spacial score (nSPS) is 17.7. The third-order valence-corrected chi connectivity index (χ3v) is 8.03. The minimum Gasteiger partial charge on any atom is -0.463 e. The molecule has 1 heterocycles. The lowest BCUT2D eigenvalue weighted by Gasteiger charge is -2.32. The maximum atomic E-state index is 14.1. The number of benzene rings is 3. The van der Waals surface area contributed by atoms with E-state index in [2.05, 4.69) is 6.58 Å². The van der Waals surface area contributed by atoms with Crippen molar-refractivity contribution in [2.75, 3.05) is 6.61 Å². The van der Waals surface area contributed by atoms with Crippen molar-refractivity contribution in [3.8, 4) is 0 Å². The summed E-state index contributed by atoms with van der Waals surface area (Å²) in [6.07, 6.45) is 1.87. The van der Waals surface area contributed by atoms with E-state index in [1.54, 1.807) is 43.3 Å². The molecule has 1 aliphatic heterocycles. The van der Waals surface area contributed by atoms with Crippen LogP contribution in [0.5, 0.6) is 0 Å². The number of aryl methyl sites for hydroxylation is 1. The Morgan fingerprint density at radius 1 is 1.00 bits per heavy atom. The maximum absolute atomic E-state index is 14.1. The quantitative estimate of drug-likeness (QED) is 0.292. The highest BCUT2D eigenvalue weighted by molar-refractivity contribution is 7.89. The lowest BCUT2D eigenvalue weighted by atomic mass is 9.89. The summed E-state index contributed by atoms with van der Waals surface area (Å²) in [5.41, 5.74) is 2.99. The molecule has 0 radical (unpaired) electrons. The smallest absolute Gasteiger partial charge is 0.335 e. The Labute approximate surface area is 211 Å². The highest BCUT2D eigenvalue weighted by Gasteiger charge is 2.46. The van der Waals surface area contributed by atoms with Crippen molar-refractivity contribution in [1.82, 2.24) is 4.31 Å². The van der Waals surface area contributed by atoms with Crippen molar-refractivity contribution in [2.45, 2.75) is 30.7 Å². The van der Waals surface area contributed by atoms with Crippen LogP contribution in [0.25, 0.3) is 5.70 Å². The van der Waals surface area contributed by atoms with Crippen LogP contribution < -0.4 is 0 Å². The second-order valence-corrected chi connectivity index (χ2v) is 10.6. The number of hydrogen-bond donors (Lipinski definition) is 0. The fraction of sp³-hybridized carbons (Fsp3) is 0.179. The zero-order valence-corrected chi connectivity index (χ0v) is 21.1. The summed E-state index contributed by atoms with van der Waals surface area (Å²) in [6.45, 7) is 7.75. The van der Waals surface area contributed by atoms with Gasteiger partial charge in [-0.2, -0.15) is 0 Å². The van der Waals surface area contributed by atoms with E-state index in [0.29, 0.717) is 16.3 Å². The van der Waals surface area contributed by atoms with Crippen LogP contribution in [0.2, 0.25) is 5.02 Å². The van der Waals surface area contributed by atoms with Gasteiger partial charge in [-0.15, -0.1) is 0 Å². The average Bonchev–Trinajstić information content (AvgIpc) is 3.26. The molecule has 180 valence electrons. The lowest BCUT2D eigenvalue weighted by molar-refractivity contribution is -0.139. The second-order valence-electron chi connectivity index (χ2n) is 8.30. The summed E-state index contributed by atoms with van der Waals surface area (Å²) in [6, 6.07) is 22.1. The Kier molecular flexibility index (Phi) is 7.15. The third-order valence-electron chi connectivity index (χ3n) is 5.96. The Bertz CT molecular complexity index is 1360. The summed E-state index contributed by atoms with van der Waals surface area (Å²) < 4.78 is 34.8. The van der Waals surface area contributed by atoms with Crippen molar-refractivity contribution in [3.63, 3.8) is 0 Å². The van der Waals surface area contributed by atoms with Gasteiger partial charge in [0.05, 0.1) is 28.8 Å². The molecule has 5 nitrogen and oxygen atoms in total. The molecule has 0 N–H and O–H groups in total. The van der Waals surface area contributed by atoms with Gasteiger partial charge in [0.15, 0.2) is 0 Å². The van der Waals surface area contributed by atoms with Crippen LogP contribution in [-0.4, -0.2) is 31.3 Å². The van der Waals surface area contributed by atoms with Gasteiger partial charge in [-0.25, -0.2) is 13.2 Å². The highest BCUT2D eigenvalue weighted by atomic mass is 35.5. The molecule has 35 heavy (non-hydrogen) atoms. The largest absolute Gasteiger partial charge is 0.463 e. The third kappa shape index (κ3) is 4.90. The predicted molar refractivity (Wildman–Crippen MR) is 138 cm³/mol. The van der Waals surface area contributed by atoms with Crippen LogP contribution in [0.15, 0.2) is 102 Å². The fourth-order valence-electron chi connectivity index (χ4n) is 4.23. The molecule has 0 aromatic heterocycles. The fourth-order valence-corrected chi connectivity index (χ4v) is 6.05. The van der Waals surface area contributed by atoms with E-state index in [4.69, 9.17) is 16.3 Å². The topological polar surface area (TPSA) is 63.7 Å². The number of rotatable bonds is 7. The Morgan fingerprint density at radius 2 is 1.63 bits per heavy atom. The van der Waals surface area contributed by atoms with Crippen LogP contribution in [-0.2, 0) is 19.6 Å². The number of carbonyl (C=O) groups is 1. The molecule has 3 aromatic carbocycles. The monoisotopic (exact) mass is 507 g/mol. The van der Waals surface area contributed by atoms with Gasteiger partial charge in [-0.05, 0) is 55.3 Å². The van der Waals surface area contributed by atoms with E-state index >= 15 is 0 Å². The molecule has 0 fully saturated rings. The zero-order valence-electron chi connectivity index (χ0n) is 19.5. The summed E-state index contributed by atoms with van der Waals surface area (Å²) >= 11 is 6.11. The van der Waals surface area contributed by atoms with Gasteiger partial charge in [0, 0.05) is 10.9 Å². The zero-order chi connectivity index (χ0) is 25.2. The molecular weight excluding hydrogens is 482 g/mol. The number of ether oxygens (including phenoxy) is 1. The molecule has 3 aromatic rings. The Hall–Kier alpha value is -3.35. The second kappa shape index (κ2) is 10.1. The van der Waals surface area contributed by atoms with E-state index in [1.807, 2.05) is 55.5 Å². The maximum Gasteiger partial charge on any atom is 0.335 e. The number of hydrogen-bond acceptors (Lipinski definition) is 4. The van der Waals surface area contributed by atoms with E-state index in [-0.39, 0.29) is 17.1 Å². The lowest BCUT2D eigenvalue weighted by Crippen LogP contribution is -2.41. The van der Waals surface area contributed by atoms with Gasteiger partial charge in [-0.1, -0.05) is 78.3 Å². The minimum absolute atomic E-state index is 0.0599. The Morgan fingerprint density at radius 3 is 2.23 bits per heavy atom. The van der Waals surface area contributed by atoms with Crippen molar-refractivity contribution in [2.24, 2.45) is 0 Å². The molecule has 0 saturated carbocycles. The molecule has 0 aliphatic carbocycles. The predicted octanol–water partition coefficient (Wildman–Crippen LogP) is 5.97. The van der Waals surface area contributed by atoms with Crippen LogP contribution in [0.3, 0.4) is 0 Å². The first-order chi connectivity index (χ1) is 16.7.